The van der Waals surface area contributed by atoms with Crippen molar-refractivity contribution in [3.05, 3.63) is 70.9 Å². The molecule has 1 aromatic heterocycles. The van der Waals surface area contributed by atoms with Gasteiger partial charge in [-0.3, -0.25) is 4.63 Å². The third kappa shape index (κ3) is 4.76. The van der Waals surface area contributed by atoms with Gasteiger partial charge in [-0.25, -0.2) is 8.42 Å². The molecule has 0 spiro atoms. The van der Waals surface area contributed by atoms with Crippen molar-refractivity contribution < 1.29 is 22.7 Å². The number of aryl methyl sites for hydroxylation is 1. The average Bonchev–Trinajstić information content (AvgIpc) is 3.07. The maximum Gasteiger partial charge on any atom is 0.414 e. The van der Waals surface area contributed by atoms with Crippen LogP contribution in [0.5, 0.6) is 5.88 Å². The fourth-order valence-electron chi connectivity index (χ4n) is 2.86. The van der Waals surface area contributed by atoms with Crippen molar-refractivity contribution in [2.24, 2.45) is 0 Å². The predicted molar refractivity (Wildman–Crippen MR) is 106 cm³/mol. The first-order valence-corrected chi connectivity index (χ1v) is 10.8. The van der Waals surface area contributed by atoms with E-state index in [2.05, 4.69) is 54.8 Å². The number of ether oxygens (including phenoxy) is 1. The number of benzene rings is 2. The van der Waals surface area contributed by atoms with Crippen molar-refractivity contribution >= 4 is 9.84 Å². The van der Waals surface area contributed by atoms with E-state index >= 15 is 0 Å². The van der Waals surface area contributed by atoms with Crippen LogP contribution in [0.4, 0.5) is 0 Å². The minimum absolute atomic E-state index is 0.0309. The molecule has 0 saturated carbocycles. The highest BCUT2D eigenvalue weighted by atomic mass is 32.2. The van der Waals surface area contributed by atoms with Crippen molar-refractivity contribution in [3.63, 3.8) is 0 Å². The summed E-state index contributed by atoms with van der Waals surface area (Å²) in [4.78, 5) is -0.167. The third-order valence-electron chi connectivity index (χ3n) is 4.52. The molecular formula is C21H24N2O5S. The molecule has 0 amide bonds. The van der Waals surface area contributed by atoms with E-state index in [1.54, 1.807) is 18.2 Å². The molecule has 0 bridgehead atoms. The molecule has 0 N–H and O–H groups in total. The van der Waals surface area contributed by atoms with Crippen molar-refractivity contribution in [2.45, 2.75) is 48.9 Å². The number of sulfone groups is 1. The fraction of sp³-hybridized carbons (Fsp3) is 0.333. The third-order valence-corrected chi connectivity index (χ3v) is 6.25. The minimum atomic E-state index is -4.10. The molecule has 0 aliphatic heterocycles. The van der Waals surface area contributed by atoms with Crippen molar-refractivity contribution in [3.8, 4) is 5.88 Å². The molecule has 2 aromatic carbocycles. The first-order chi connectivity index (χ1) is 13.7. The zero-order chi connectivity index (χ0) is 21.1. The maximum atomic E-state index is 12.7. The Morgan fingerprint density at radius 3 is 2.34 bits per heavy atom. The van der Waals surface area contributed by atoms with Gasteiger partial charge in [-0.05, 0) is 46.4 Å². The Morgan fingerprint density at radius 2 is 1.72 bits per heavy atom. The van der Waals surface area contributed by atoms with Crippen LogP contribution in [0.25, 0.3) is 0 Å². The molecule has 0 aliphatic carbocycles. The summed E-state index contributed by atoms with van der Waals surface area (Å²) in [6, 6.07) is 16.0. The lowest BCUT2D eigenvalue weighted by atomic mass is 9.86. The lowest BCUT2D eigenvalue weighted by Gasteiger charge is -2.19. The first kappa shape index (κ1) is 20.9. The monoisotopic (exact) mass is 416 g/mol. The molecule has 1 heterocycles. The van der Waals surface area contributed by atoms with Crippen LogP contribution >= 0.6 is 0 Å². The number of nitrogens with zero attached hydrogens (tertiary/aromatic N) is 2. The smallest absolute Gasteiger partial charge is 0.414 e. The highest BCUT2D eigenvalue weighted by Crippen LogP contribution is 2.25. The standard InChI is InChI=1S/C21H24N2O5S/c1-21(2,3)17-13-11-16(12-14-17)8-7-15-27-19-20(23(24)28-22-19)29(25,26)18-9-5-4-6-10-18/h4-6,9-14H,7-8,15H2,1-3H3. The quantitative estimate of drug-likeness (QED) is 0.432. The Balaban J connectivity index is 1.64. The predicted octanol–water partition coefficient (Wildman–Crippen LogP) is 3.45. The van der Waals surface area contributed by atoms with Crippen LogP contribution in [0.2, 0.25) is 0 Å². The highest BCUT2D eigenvalue weighted by Gasteiger charge is 2.35. The van der Waals surface area contributed by atoms with Crippen LogP contribution in [0, 0.1) is 5.21 Å². The molecule has 3 rings (SSSR count). The summed E-state index contributed by atoms with van der Waals surface area (Å²) in [7, 11) is -4.10. The zero-order valence-electron chi connectivity index (χ0n) is 16.7. The number of aromatic nitrogens is 2. The summed E-state index contributed by atoms with van der Waals surface area (Å²) >= 11 is 0. The van der Waals surface area contributed by atoms with Crippen LogP contribution in [0.3, 0.4) is 0 Å². The van der Waals surface area contributed by atoms with E-state index in [0.717, 1.165) is 12.0 Å². The average molecular weight is 416 g/mol. The van der Waals surface area contributed by atoms with Crippen LogP contribution in [-0.2, 0) is 21.7 Å². The van der Waals surface area contributed by atoms with Crippen molar-refractivity contribution in [1.29, 1.82) is 0 Å². The van der Waals surface area contributed by atoms with Crippen LogP contribution in [0.15, 0.2) is 69.1 Å². The molecule has 0 saturated heterocycles. The summed E-state index contributed by atoms with van der Waals surface area (Å²) < 4.78 is 35.3. The Morgan fingerprint density at radius 1 is 1.07 bits per heavy atom. The van der Waals surface area contributed by atoms with E-state index in [-0.39, 0.29) is 27.7 Å². The molecular weight excluding hydrogens is 392 g/mol. The molecule has 0 radical (unpaired) electrons. The second-order valence-corrected chi connectivity index (χ2v) is 9.62. The summed E-state index contributed by atoms with van der Waals surface area (Å²) in [5.74, 6) is -0.327. The van der Waals surface area contributed by atoms with E-state index in [0.29, 0.717) is 6.42 Å². The molecule has 0 aliphatic rings. The van der Waals surface area contributed by atoms with Crippen molar-refractivity contribution in [1.82, 2.24) is 5.16 Å². The molecule has 0 fully saturated rings. The Hall–Kier alpha value is -2.87. The lowest BCUT2D eigenvalue weighted by molar-refractivity contribution is -0.832. The van der Waals surface area contributed by atoms with Crippen LogP contribution < -0.4 is 9.64 Å². The van der Waals surface area contributed by atoms with E-state index in [1.807, 2.05) is 0 Å². The zero-order valence-corrected chi connectivity index (χ0v) is 17.5. The number of hydrogen-bond acceptors (Lipinski definition) is 6. The van der Waals surface area contributed by atoms with Gasteiger partial charge < -0.3 is 9.94 Å². The van der Waals surface area contributed by atoms with Gasteiger partial charge >= 0.3 is 10.9 Å². The molecule has 0 atom stereocenters. The van der Waals surface area contributed by atoms with Gasteiger partial charge in [0.15, 0.2) is 0 Å². The topological polar surface area (TPSA) is 96.3 Å². The molecule has 154 valence electrons. The van der Waals surface area contributed by atoms with Gasteiger partial charge in [0.05, 0.1) is 16.7 Å². The van der Waals surface area contributed by atoms with Gasteiger partial charge in [0.25, 0.3) is 9.84 Å². The van der Waals surface area contributed by atoms with Gasteiger partial charge in [0.2, 0.25) is 0 Å². The summed E-state index contributed by atoms with van der Waals surface area (Å²) in [5.41, 5.74) is 2.51. The molecule has 7 nitrogen and oxygen atoms in total. The Bertz CT molecular complexity index is 1050. The van der Waals surface area contributed by atoms with Gasteiger partial charge in [-0.2, -0.15) is 0 Å². The molecule has 8 heteroatoms. The fourth-order valence-corrected chi connectivity index (χ4v) is 4.15. The Kier molecular flexibility index (Phi) is 5.93. The van der Waals surface area contributed by atoms with E-state index < -0.39 is 14.9 Å². The SMILES string of the molecule is CC(C)(C)c1ccc(CCCOc2no[n+]([O-])c2S(=O)(=O)c2ccccc2)cc1. The number of hydrogen-bond donors (Lipinski definition) is 0. The van der Waals surface area contributed by atoms with Gasteiger partial charge in [-0.15, -0.1) is 0 Å². The summed E-state index contributed by atoms with van der Waals surface area (Å²) in [6.45, 7) is 6.69. The van der Waals surface area contributed by atoms with E-state index in [9.17, 15) is 13.6 Å². The maximum absolute atomic E-state index is 12.7. The Labute approximate surface area is 170 Å². The summed E-state index contributed by atoms with van der Waals surface area (Å²) in [5, 5.41) is 14.7. The molecule has 3 aromatic rings. The first-order valence-electron chi connectivity index (χ1n) is 9.31. The minimum Gasteiger partial charge on any atom is -0.454 e. The second kappa shape index (κ2) is 8.24. The largest absolute Gasteiger partial charge is 0.454 e. The van der Waals surface area contributed by atoms with Gasteiger partial charge in [-0.1, -0.05) is 63.2 Å². The van der Waals surface area contributed by atoms with E-state index in [4.69, 9.17) is 4.74 Å². The van der Waals surface area contributed by atoms with E-state index in [1.165, 1.54) is 17.7 Å². The van der Waals surface area contributed by atoms with Gasteiger partial charge in [0.1, 0.15) is 0 Å². The lowest BCUT2D eigenvalue weighted by Crippen LogP contribution is -2.31. The second-order valence-electron chi connectivity index (χ2n) is 7.76. The van der Waals surface area contributed by atoms with Crippen LogP contribution in [-0.4, -0.2) is 20.2 Å². The van der Waals surface area contributed by atoms with Crippen molar-refractivity contribution in [2.75, 3.05) is 6.61 Å². The number of rotatable bonds is 7. The van der Waals surface area contributed by atoms with Crippen LogP contribution in [0.1, 0.15) is 38.3 Å². The highest BCUT2D eigenvalue weighted by molar-refractivity contribution is 7.91. The molecule has 29 heavy (non-hydrogen) atoms. The normalized spacial score (nSPS) is 12.1. The molecule has 0 unspecified atom stereocenters. The summed E-state index contributed by atoms with van der Waals surface area (Å²) in [6.07, 6.45) is 1.38. The van der Waals surface area contributed by atoms with Gasteiger partial charge in [0, 0.05) is 0 Å².